The number of likely N-dealkylation sites (tertiary alicyclic amines) is 4. The second-order valence-corrected chi connectivity index (χ2v) is 21.6. The van der Waals surface area contributed by atoms with Crippen molar-refractivity contribution < 1.29 is 86.2 Å². The van der Waals surface area contributed by atoms with Crippen molar-refractivity contribution in [1.82, 2.24) is 19.6 Å². The van der Waals surface area contributed by atoms with Crippen LogP contribution in [0.25, 0.3) is 0 Å². The van der Waals surface area contributed by atoms with Crippen molar-refractivity contribution in [2.75, 3.05) is 54.4 Å². The summed E-state index contributed by atoms with van der Waals surface area (Å²) in [6.07, 6.45) is 35.3. The van der Waals surface area contributed by atoms with E-state index in [1.165, 1.54) is 99.8 Å². The van der Waals surface area contributed by atoms with E-state index in [1.54, 1.807) is 0 Å². The Morgan fingerprint density at radius 1 is 0.372 bits per heavy atom. The van der Waals surface area contributed by atoms with Gasteiger partial charge in [0.25, 0.3) is 0 Å². The first kappa shape index (κ1) is 64.6. The lowest BCUT2D eigenvalue weighted by molar-refractivity contribution is -0.697. The second-order valence-electron chi connectivity index (χ2n) is 21.6. The van der Waals surface area contributed by atoms with E-state index in [4.69, 9.17) is 0 Å². The molecule has 0 bridgehead atoms. The Morgan fingerprint density at radius 3 is 0.808 bits per heavy atom. The summed E-state index contributed by atoms with van der Waals surface area (Å²) in [6, 6.07) is 24.4. The summed E-state index contributed by atoms with van der Waals surface area (Å²) < 4.78 is 9.38. The Balaban J connectivity index is 0.00000280. The van der Waals surface area contributed by atoms with Gasteiger partial charge in [0.1, 0.15) is 26.2 Å². The topological polar surface area (TPSA) is 28.5 Å². The van der Waals surface area contributed by atoms with E-state index < -0.39 is 0 Å². The average molecular weight is 1310 g/mol. The first-order valence-corrected chi connectivity index (χ1v) is 28.2. The molecule has 414 valence electrons. The Kier molecular flexibility index (Phi) is 27.8. The molecule has 0 saturated carbocycles. The van der Waals surface area contributed by atoms with Gasteiger partial charge in [0.2, 0.25) is 0 Å². The quantitative estimate of drug-likeness (QED) is 0.0610. The smallest absolute Gasteiger partial charge is 0.173 e. The fourth-order valence-corrected chi connectivity index (χ4v) is 11.9. The number of benzene rings is 1. The van der Waals surface area contributed by atoms with Crippen LogP contribution in [0.3, 0.4) is 0 Å². The van der Waals surface area contributed by atoms with Crippen LogP contribution in [0.15, 0.2) is 110 Å². The lowest BCUT2D eigenvalue weighted by Gasteiger charge is -2.18. The number of aromatic nitrogens is 4. The predicted octanol–water partition coefficient (Wildman–Crippen LogP) is -2.75. The predicted molar refractivity (Wildman–Crippen MR) is 296 cm³/mol. The van der Waals surface area contributed by atoms with E-state index in [0.29, 0.717) is 24.2 Å². The number of hydrogen-bond donors (Lipinski definition) is 0. The Hall–Kier alpha value is -4.18. The molecule has 0 amide bonds. The van der Waals surface area contributed by atoms with Crippen molar-refractivity contribution in [2.24, 2.45) is 0 Å². The van der Waals surface area contributed by atoms with Crippen molar-refractivity contribution in [3.05, 3.63) is 155 Å². The van der Waals surface area contributed by atoms with Crippen LogP contribution in [0.4, 0.5) is 0 Å². The van der Waals surface area contributed by atoms with Gasteiger partial charge in [-0.25, -0.2) is 18.3 Å². The molecule has 5 aromatic rings. The number of nitrogens with zero attached hydrogens (tertiary/aromatic N) is 8. The normalized spacial score (nSPS) is 19.0. The summed E-state index contributed by atoms with van der Waals surface area (Å²) in [5.41, 5.74) is 9.45. The highest BCUT2D eigenvalue weighted by atomic mass is 79.9. The maximum atomic E-state index is 3.60. The van der Waals surface area contributed by atoms with Crippen LogP contribution in [0.1, 0.15) is 171 Å². The van der Waals surface area contributed by atoms with Gasteiger partial charge in [-0.2, -0.15) is 0 Å². The molecule has 4 fully saturated rings. The zero-order chi connectivity index (χ0) is 50.9. The van der Waals surface area contributed by atoms with Crippen LogP contribution >= 0.6 is 0 Å². The van der Waals surface area contributed by atoms with Crippen molar-refractivity contribution >= 4 is 0 Å². The van der Waals surface area contributed by atoms with E-state index in [0.717, 1.165) is 99.8 Å². The van der Waals surface area contributed by atoms with Gasteiger partial charge in [0, 0.05) is 144 Å². The molecule has 1 aromatic carbocycles. The average Bonchev–Trinajstić information content (AvgIpc) is 4.27. The highest BCUT2D eigenvalue weighted by Crippen LogP contribution is 2.32. The summed E-state index contributed by atoms with van der Waals surface area (Å²) >= 11 is 0. The maximum absolute atomic E-state index is 3.60. The van der Waals surface area contributed by atoms with Crippen LogP contribution in [-0.4, -0.2) is 74.0 Å². The SMILES string of the molecule is CN1CCC[C@H]1c1ccc[n+](CCCC#Cc2cc(C#CCCC[n+]3cccc([C@@H]4CCCN4C)c3)c(C#CCCC[n+]3cccc([C@@H]4CCCN4C)c3)cc2C#CCCC[n+]2cccc([C@@H]3CCCN3C)c2)c1.[Br-].[Br-].[Br-].[Br-]. The van der Waals surface area contributed by atoms with Gasteiger partial charge in [0.05, 0.1) is 0 Å². The molecule has 9 rings (SSSR count). The number of halogens is 4. The second kappa shape index (κ2) is 33.5. The van der Waals surface area contributed by atoms with E-state index in [1.807, 2.05) is 0 Å². The zero-order valence-corrected chi connectivity index (χ0v) is 53.1. The van der Waals surface area contributed by atoms with E-state index in [-0.39, 0.29) is 67.9 Å². The van der Waals surface area contributed by atoms with Crippen LogP contribution in [0, 0.1) is 47.4 Å². The molecular weight excluding hydrogens is 1220 g/mol. The molecule has 8 nitrogen and oxygen atoms in total. The third kappa shape index (κ3) is 18.4. The number of aryl methyl sites for hydroxylation is 4. The van der Waals surface area contributed by atoms with Crippen molar-refractivity contribution in [1.29, 1.82) is 0 Å². The van der Waals surface area contributed by atoms with Crippen LogP contribution in [-0.2, 0) is 26.2 Å². The molecule has 0 aliphatic carbocycles. The largest absolute Gasteiger partial charge is 1.00 e. The summed E-state index contributed by atoms with van der Waals surface area (Å²) in [7, 11) is 9.00. The monoisotopic (exact) mass is 1300 g/mol. The fraction of sp³-hybridized carbons (Fsp3) is 0.485. The minimum Gasteiger partial charge on any atom is -1.00 e. The summed E-state index contributed by atoms with van der Waals surface area (Å²) in [6.45, 7) is 8.47. The fourth-order valence-electron chi connectivity index (χ4n) is 11.9. The number of pyridine rings is 4. The first-order chi connectivity index (χ1) is 36.3. The van der Waals surface area contributed by atoms with E-state index in [2.05, 4.69) is 224 Å². The third-order valence-electron chi connectivity index (χ3n) is 16.1. The van der Waals surface area contributed by atoms with Crippen LogP contribution in [0.2, 0.25) is 0 Å². The molecule has 0 spiro atoms. The maximum Gasteiger partial charge on any atom is 0.173 e. The lowest BCUT2D eigenvalue weighted by atomic mass is 9.98. The van der Waals surface area contributed by atoms with Crippen molar-refractivity contribution in [3.8, 4) is 47.4 Å². The Morgan fingerprint density at radius 2 is 0.603 bits per heavy atom. The van der Waals surface area contributed by atoms with Gasteiger partial charge in [-0.1, -0.05) is 47.4 Å². The van der Waals surface area contributed by atoms with Gasteiger partial charge in [-0.15, -0.1) is 0 Å². The van der Waals surface area contributed by atoms with Gasteiger partial charge in [0.15, 0.2) is 49.6 Å². The van der Waals surface area contributed by atoms with Gasteiger partial charge >= 0.3 is 0 Å². The first-order valence-electron chi connectivity index (χ1n) is 28.2. The molecule has 4 atom stereocenters. The standard InChI is InChI=1S/C66H82N8.4BrH/c1-67-37-21-33-63(67)59-29-17-45-71(51-59)41-13-5-9-25-55-49-57(27-11-7-15-43-73-47-19-31-61(53-73)65-35-23-39-69(65)3)58(28-12-8-16-44-74-48-20-32-62(54-74)66-36-24-40-70(66)4)50-56(55)26-10-6-14-42-72-46-18-30-60(52-72)64-34-22-38-68(64)2;;;;/h17-20,29-32,45-54,63-66H,5-8,13-16,21-24,33-44H2,1-4H3;4*1H/q+4;;;;/p-4/t63-,64-,65-,66-;;;;/m0..../s1. The minimum absolute atomic E-state index is 0. The van der Waals surface area contributed by atoms with E-state index >= 15 is 0 Å². The zero-order valence-electron chi connectivity index (χ0n) is 46.8. The Labute approximate surface area is 511 Å². The van der Waals surface area contributed by atoms with Gasteiger partial charge in [-0.05, 0) is 142 Å². The molecule has 0 N–H and O–H groups in total. The van der Waals surface area contributed by atoms with Crippen molar-refractivity contribution in [2.45, 2.75) is 153 Å². The lowest BCUT2D eigenvalue weighted by Crippen LogP contribution is -3.00. The highest BCUT2D eigenvalue weighted by Gasteiger charge is 2.27. The van der Waals surface area contributed by atoms with Crippen LogP contribution < -0.4 is 86.2 Å². The number of rotatable bonds is 16. The number of hydrogen-bond acceptors (Lipinski definition) is 4. The summed E-state index contributed by atoms with van der Waals surface area (Å²) in [4.78, 5) is 9.94. The van der Waals surface area contributed by atoms with Crippen LogP contribution in [0.5, 0.6) is 0 Å². The molecule has 12 heteroatoms. The molecule has 0 unspecified atom stereocenters. The summed E-state index contributed by atoms with van der Waals surface area (Å²) in [5.74, 6) is 28.7. The molecule has 0 radical (unpaired) electrons. The molecular formula is C66H82Br4N8. The molecule has 4 aromatic heterocycles. The Bertz CT molecular complexity index is 2560. The molecule has 8 heterocycles. The van der Waals surface area contributed by atoms with Gasteiger partial charge in [-0.3, -0.25) is 19.6 Å². The minimum atomic E-state index is 0. The van der Waals surface area contributed by atoms with E-state index in [9.17, 15) is 0 Å². The third-order valence-corrected chi connectivity index (χ3v) is 16.1. The number of unbranched alkanes of at least 4 members (excludes halogenated alkanes) is 4. The highest BCUT2D eigenvalue weighted by molar-refractivity contribution is 5.61. The molecule has 78 heavy (non-hydrogen) atoms. The van der Waals surface area contributed by atoms with Gasteiger partial charge < -0.3 is 67.9 Å². The summed E-state index contributed by atoms with van der Waals surface area (Å²) in [5, 5.41) is 0. The van der Waals surface area contributed by atoms with Crippen molar-refractivity contribution in [3.63, 3.8) is 0 Å². The molecule has 4 saturated heterocycles. The molecule has 4 aliphatic rings. The molecule has 4 aliphatic heterocycles.